The quantitative estimate of drug-likeness (QED) is 0.524. The van der Waals surface area contributed by atoms with Crippen LogP contribution in [0.5, 0.6) is 0 Å². The second-order valence-electron chi connectivity index (χ2n) is 6.70. The molecule has 6 nitrogen and oxygen atoms in total. The third kappa shape index (κ3) is 4.85. The fraction of sp³-hybridized carbons (Fsp3) is 0.227. The number of ether oxygens (including phenoxy) is 1. The maximum Gasteiger partial charge on any atom is 0.336 e. The van der Waals surface area contributed by atoms with Crippen LogP contribution in [0.1, 0.15) is 34.8 Å². The summed E-state index contributed by atoms with van der Waals surface area (Å²) in [6, 6.07) is 15.2. The third-order valence-electron chi connectivity index (χ3n) is 4.26. The van der Waals surface area contributed by atoms with Gasteiger partial charge in [-0.3, -0.25) is 9.59 Å². The van der Waals surface area contributed by atoms with Gasteiger partial charge >= 0.3 is 11.6 Å². The molecule has 1 aromatic heterocycles. The molecule has 0 bridgehead atoms. The van der Waals surface area contributed by atoms with Crippen molar-refractivity contribution in [3.63, 3.8) is 0 Å². The van der Waals surface area contributed by atoms with Crippen molar-refractivity contribution in [2.75, 3.05) is 0 Å². The summed E-state index contributed by atoms with van der Waals surface area (Å²) in [5.74, 6) is -0.711. The van der Waals surface area contributed by atoms with Gasteiger partial charge in [0.1, 0.15) is 12.2 Å². The lowest BCUT2D eigenvalue weighted by Crippen LogP contribution is -2.34. The molecule has 0 spiro atoms. The first-order valence-electron chi connectivity index (χ1n) is 8.97. The van der Waals surface area contributed by atoms with E-state index in [0.717, 1.165) is 10.9 Å². The number of hydrogen-bond acceptors (Lipinski definition) is 5. The molecule has 1 N–H and O–H groups in total. The maximum absolute atomic E-state index is 12.1. The highest BCUT2D eigenvalue weighted by Gasteiger charge is 2.15. The minimum absolute atomic E-state index is 0.0249. The third-order valence-corrected chi connectivity index (χ3v) is 4.26. The molecule has 0 aliphatic carbocycles. The summed E-state index contributed by atoms with van der Waals surface area (Å²) < 4.78 is 10.5. The lowest BCUT2D eigenvalue weighted by molar-refractivity contribution is -0.145. The van der Waals surface area contributed by atoms with Crippen LogP contribution in [0, 0.1) is 6.92 Å². The summed E-state index contributed by atoms with van der Waals surface area (Å²) in [7, 11) is 0. The van der Waals surface area contributed by atoms with Crippen LogP contribution in [0.3, 0.4) is 0 Å². The Labute approximate surface area is 162 Å². The molecule has 144 valence electrons. The Balaban J connectivity index is 1.59. The summed E-state index contributed by atoms with van der Waals surface area (Å²) in [6.07, 6.45) is 0.0249. The minimum Gasteiger partial charge on any atom is -0.461 e. The topological polar surface area (TPSA) is 85.6 Å². The van der Waals surface area contributed by atoms with E-state index in [4.69, 9.17) is 9.15 Å². The molecular weight excluding hydrogens is 358 g/mol. The van der Waals surface area contributed by atoms with Crippen LogP contribution >= 0.6 is 0 Å². The van der Waals surface area contributed by atoms with Crippen LogP contribution in [0.15, 0.2) is 63.8 Å². The van der Waals surface area contributed by atoms with E-state index < -0.39 is 11.6 Å². The number of esters is 1. The first-order chi connectivity index (χ1) is 13.4. The molecule has 6 heteroatoms. The van der Waals surface area contributed by atoms with E-state index >= 15 is 0 Å². The van der Waals surface area contributed by atoms with Gasteiger partial charge in [-0.25, -0.2) is 4.79 Å². The Hall–Kier alpha value is -3.41. The van der Waals surface area contributed by atoms with Crippen LogP contribution in [-0.4, -0.2) is 17.9 Å². The number of aryl methyl sites for hydroxylation is 1. The predicted molar refractivity (Wildman–Crippen MR) is 105 cm³/mol. The van der Waals surface area contributed by atoms with Crippen LogP contribution in [0.4, 0.5) is 0 Å². The molecule has 0 radical (unpaired) electrons. The van der Waals surface area contributed by atoms with Gasteiger partial charge in [-0.15, -0.1) is 0 Å². The van der Waals surface area contributed by atoms with Gasteiger partial charge in [0, 0.05) is 28.6 Å². The molecule has 1 unspecified atom stereocenters. The van der Waals surface area contributed by atoms with Crippen molar-refractivity contribution in [3.8, 4) is 0 Å². The number of fused-ring (bicyclic) bond motifs is 1. The Kier molecular flexibility index (Phi) is 5.89. The lowest BCUT2D eigenvalue weighted by Gasteiger charge is -2.14. The summed E-state index contributed by atoms with van der Waals surface area (Å²) in [4.78, 5) is 36.0. The van der Waals surface area contributed by atoms with Gasteiger partial charge in [-0.1, -0.05) is 30.3 Å². The van der Waals surface area contributed by atoms with Crippen LogP contribution < -0.4 is 10.9 Å². The van der Waals surface area contributed by atoms with E-state index in [9.17, 15) is 14.4 Å². The van der Waals surface area contributed by atoms with Crippen molar-refractivity contribution in [2.24, 2.45) is 0 Å². The van der Waals surface area contributed by atoms with Crippen molar-refractivity contribution in [1.29, 1.82) is 0 Å². The monoisotopic (exact) mass is 379 g/mol. The number of nitrogens with one attached hydrogen (secondary N) is 1. The SMILES string of the molecule is Cc1ccc2c(COC(=O)CC(C)NC(=O)c3ccccc3)cc(=O)oc2c1. The number of benzene rings is 2. The highest BCUT2D eigenvalue weighted by molar-refractivity contribution is 5.94. The zero-order valence-corrected chi connectivity index (χ0v) is 15.7. The zero-order chi connectivity index (χ0) is 20.1. The van der Waals surface area contributed by atoms with Gasteiger partial charge in [-0.05, 0) is 37.6 Å². The summed E-state index contributed by atoms with van der Waals surface area (Å²) in [6.45, 7) is 3.60. The van der Waals surface area contributed by atoms with Crippen LogP contribution in [0.2, 0.25) is 0 Å². The lowest BCUT2D eigenvalue weighted by atomic mass is 10.1. The molecule has 0 saturated heterocycles. The highest BCUT2D eigenvalue weighted by atomic mass is 16.5. The van der Waals surface area contributed by atoms with E-state index in [2.05, 4.69) is 5.32 Å². The molecule has 28 heavy (non-hydrogen) atoms. The Morgan fingerprint density at radius 3 is 2.61 bits per heavy atom. The van der Waals surface area contributed by atoms with Crippen molar-refractivity contribution in [3.05, 3.63) is 81.7 Å². The first-order valence-corrected chi connectivity index (χ1v) is 8.97. The van der Waals surface area contributed by atoms with E-state index in [1.165, 1.54) is 6.07 Å². The summed E-state index contributed by atoms with van der Waals surface area (Å²) >= 11 is 0. The van der Waals surface area contributed by atoms with Gasteiger partial charge in [0.15, 0.2) is 0 Å². The maximum atomic E-state index is 12.1. The largest absolute Gasteiger partial charge is 0.461 e. The molecule has 3 aromatic rings. The number of hydrogen-bond donors (Lipinski definition) is 1. The van der Waals surface area contributed by atoms with E-state index in [1.807, 2.05) is 25.1 Å². The fourth-order valence-electron chi connectivity index (χ4n) is 2.87. The molecule has 3 rings (SSSR count). The molecule has 0 aliphatic heterocycles. The summed E-state index contributed by atoms with van der Waals surface area (Å²) in [5.41, 5.74) is 2.04. The van der Waals surface area contributed by atoms with Gasteiger partial charge in [0.05, 0.1) is 6.42 Å². The molecule has 1 heterocycles. The summed E-state index contributed by atoms with van der Waals surface area (Å²) in [5, 5.41) is 3.49. The van der Waals surface area contributed by atoms with Crippen LogP contribution in [0.25, 0.3) is 11.0 Å². The van der Waals surface area contributed by atoms with Crippen molar-refractivity contribution in [2.45, 2.75) is 32.9 Å². The Morgan fingerprint density at radius 1 is 1.11 bits per heavy atom. The Bertz CT molecular complexity index is 1060. The molecule has 0 fully saturated rings. The van der Waals surface area contributed by atoms with E-state index in [1.54, 1.807) is 37.3 Å². The van der Waals surface area contributed by atoms with E-state index in [0.29, 0.717) is 16.7 Å². The number of carbonyl (C=O) groups excluding carboxylic acids is 2. The van der Waals surface area contributed by atoms with Crippen molar-refractivity contribution in [1.82, 2.24) is 5.32 Å². The average molecular weight is 379 g/mol. The molecule has 2 aromatic carbocycles. The van der Waals surface area contributed by atoms with Gasteiger partial charge < -0.3 is 14.5 Å². The number of rotatable bonds is 6. The number of carbonyl (C=O) groups is 2. The average Bonchev–Trinajstić information content (AvgIpc) is 2.66. The fourth-order valence-corrected chi connectivity index (χ4v) is 2.87. The van der Waals surface area contributed by atoms with Gasteiger partial charge in [0.2, 0.25) is 0 Å². The van der Waals surface area contributed by atoms with Gasteiger partial charge in [-0.2, -0.15) is 0 Å². The molecule has 0 saturated carbocycles. The standard InChI is InChI=1S/C22H21NO5/c1-14-8-9-18-17(12-21(25)28-19(18)10-14)13-27-20(24)11-15(2)23-22(26)16-6-4-3-5-7-16/h3-10,12,15H,11,13H2,1-2H3,(H,23,26). The predicted octanol–water partition coefficient (Wildman–Crippen LogP) is 3.35. The second-order valence-corrected chi connectivity index (χ2v) is 6.70. The van der Waals surface area contributed by atoms with Gasteiger partial charge in [0.25, 0.3) is 5.91 Å². The molecule has 1 atom stereocenters. The zero-order valence-electron chi connectivity index (χ0n) is 15.7. The molecular formula is C22H21NO5. The Morgan fingerprint density at radius 2 is 1.86 bits per heavy atom. The first kappa shape index (κ1) is 19.4. The number of amides is 1. The second kappa shape index (κ2) is 8.52. The smallest absolute Gasteiger partial charge is 0.336 e. The van der Waals surface area contributed by atoms with Crippen molar-refractivity contribution >= 4 is 22.8 Å². The normalized spacial score (nSPS) is 11.8. The van der Waals surface area contributed by atoms with Crippen molar-refractivity contribution < 1.29 is 18.7 Å². The molecule has 1 amide bonds. The van der Waals surface area contributed by atoms with Crippen LogP contribution in [-0.2, 0) is 16.1 Å². The highest BCUT2D eigenvalue weighted by Crippen LogP contribution is 2.19. The molecule has 0 aliphatic rings. The van der Waals surface area contributed by atoms with E-state index in [-0.39, 0.29) is 25.0 Å². The minimum atomic E-state index is -0.493.